The lowest BCUT2D eigenvalue weighted by Crippen LogP contribution is -2.68. The number of carboxylic acids is 1. The molecule has 4 saturated carbocycles. The monoisotopic (exact) mass is 777 g/mol. The number of alkyl halides is 3. The van der Waals surface area contributed by atoms with Crippen molar-refractivity contribution in [1.29, 1.82) is 0 Å². The van der Waals surface area contributed by atoms with Gasteiger partial charge in [-0.2, -0.15) is 13.2 Å². The number of nitrogens with one attached hydrogen (secondary N) is 1. The van der Waals surface area contributed by atoms with Crippen LogP contribution in [0.4, 0.5) is 13.2 Å². The van der Waals surface area contributed by atoms with Gasteiger partial charge in [0, 0.05) is 27.4 Å². The Labute approximate surface area is 312 Å². The van der Waals surface area contributed by atoms with Gasteiger partial charge in [0.05, 0.1) is 18.1 Å². The van der Waals surface area contributed by atoms with Crippen molar-refractivity contribution < 1.29 is 76.1 Å². The van der Waals surface area contributed by atoms with Crippen molar-refractivity contribution in [3.8, 4) is 0 Å². The zero-order chi connectivity index (χ0) is 40.0. The molecule has 14 atom stereocenters. The Kier molecular flexibility index (Phi) is 12.4. The van der Waals surface area contributed by atoms with Crippen molar-refractivity contribution in [2.75, 3.05) is 13.2 Å². The number of carbonyl (C=O) groups excluding carboxylic acids is 4. The van der Waals surface area contributed by atoms with E-state index in [1.165, 1.54) is 0 Å². The molecule has 54 heavy (non-hydrogen) atoms. The van der Waals surface area contributed by atoms with E-state index in [0.717, 1.165) is 40.0 Å². The summed E-state index contributed by atoms with van der Waals surface area (Å²) in [6.45, 7) is 6.55. The first-order valence-electron chi connectivity index (χ1n) is 18.9. The second-order valence-electron chi connectivity index (χ2n) is 16.6. The molecule has 1 heterocycles. The van der Waals surface area contributed by atoms with E-state index in [0.29, 0.717) is 38.5 Å². The van der Waals surface area contributed by atoms with Gasteiger partial charge in [-0.15, -0.1) is 0 Å². The number of halogens is 3. The molecular formula is C37H54F3NO13. The molecule has 5 rings (SSSR count). The Morgan fingerprint density at radius 3 is 2.15 bits per heavy atom. The molecule has 14 nitrogen and oxygen atoms in total. The molecule has 0 aromatic heterocycles. The fraction of sp³-hybridized carbons (Fsp3) is 0.865. The predicted molar refractivity (Wildman–Crippen MR) is 179 cm³/mol. The topological polar surface area (TPSA) is 204 Å². The van der Waals surface area contributed by atoms with Crippen molar-refractivity contribution in [3.63, 3.8) is 0 Å². The highest BCUT2D eigenvalue weighted by atomic mass is 19.4. The van der Waals surface area contributed by atoms with Gasteiger partial charge in [-0.05, 0) is 98.2 Å². The van der Waals surface area contributed by atoms with E-state index in [4.69, 9.17) is 23.7 Å². The van der Waals surface area contributed by atoms with Gasteiger partial charge in [0.2, 0.25) is 0 Å². The summed E-state index contributed by atoms with van der Waals surface area (Å²) in [6, 6.07) is -1.80. The fourth-order valence-corrected chi connectivity index (χ4v) is 11.3. The molecule has 5 aliphatic rings. The molecule has 4 aliphatic carbocycles. The Hall–Kier alpha value is -3.02. The van der Waals surface area contributed by atoms with Crippen LogP contribution >= 0.6 is 0 Å². The molecule has 306 valence electrons. The molecule has 0 aromatic rings. The quantitative estimate of drug-likeness (QED) is 0.135. The standard InChI is InChI=1S/C37H54F3NO13/c1-18(43)50-17-27-30(51-19(2)44)29(41-33(48)37(38,39)40)31(52-20(3)45)32(54-27)53-23-8-11-34(4)22(15-23)6-7-26-25(34)9-12-35(5)24(10-13-36(26,35)49)21(16-42)14-28(46)47/h21-27,29-32,42,49H,6-17H2,1-5H3,(H,41,48)(H,46,47)/t21-,22+,23-,24+,25-,26+,27+,29-,30+,31+,32-,34-,35+,36-/m0/s1. The molecule has 0 spiro atoms. The number of esters is 3. The summed E-state index contributed by atoms with van der Waals surface area (Å²) in [5.74, 6) is -6.33. The first kappa shape index (κ1) is 42.1. The summed E-state index contributed by atoms with van der Waals surface area (Å²) in [5, 5.41) is 34.0. The van der Waals surface area contributed by atoms with Crippen molar-refractivity contribution in [1.82, 2.24) is 5.32 Å². The maximum Gasteiger partial charge on any atom is 0.471 e. The largest absolute Gasteiger partial charge is 0.481 e. The lowest BCUT2D eigenvalue weighted by atomic mass is 9.43. The summed E-state index contributed by atoms with van der Waals surface area (Å²) in [6.07, 6.45) is -6.57. The zero-order valence-electron chi connectivity index (χ0n) is 31.4. The van der Waals surface area contributed by atoms with E-state index >= 15 is 0 Å². The third-order valence-corrected chi connectivity index (χ3v) is 13.7. The van der Waals surface area contributed by atoms with Crippen LogP contribution < -0.4 is 5.32 Å². The molecule has 4 N–H and O–H groups in total. The molecule has 0 bridgehead atoms. The number of hydrogen-bond donors (Lipinski definition) is 4. The molecule has 5 fully saturated rings. The molecule has 0 radical (unpaired) electrons. The summed E-state index contributed by atoms with van der Waals surface area (Å²) < 4.78 is 68.9. The van der Waals surface area contributed by atoms with Gasteiger partial charge < -0.3 is 44.3 Å². The van der Waals surface area contributed by atoms with E-state index < -0.39 is 96.2 Å². The lowest BCUT2D eigenvalue weighted by molar-refractivity contribution is -0.304. The average Bonchev–Trinajstić information content (AvgIpc) is 3.35. The van der Waals surface area contributed by atoms with Gasteiger partial charge >= 0.3 is 36.0 Å². The predicted octanol–water partition coefficient (Wildman–Crippen LogP) is 3.43. The third kappa shape index (κ3) is 8.10. The minimum Gasteiger partial charge on any atom is -0.481 e. The van der Waals surface area contributed by atoms with Crippen LogP contribution in [0.2, 0.25) is 0 Å². The molecule has 17 heteroatoms. The summed E-state index contributed by atoms with van der Waals surface area (Å²) in [4.78, 5) is 60.0. The van der Waals surface area contributed by atoms with Crippen LogP contribution in [-0.4, -0.2) is 107 Å². The van der Waals surface area contributed by atoms with Crippen molar-refractivity contribution in [2.45, 2.75) is 147 Å². The number of aliphatic carboxylic acids is 1. The second kappa shape index (κ2) is 15.8. The maximum absolute atomic E-state index is 13.5. The molecule has 1 amide bonds. The summed E-state index contributed by atoms with van der Waals surface area (Å²) in [7, 11) is 0. The smallest absolute Gasteiger partial charge is 0.471 e. The van der Waals surface area contributed by atoms with Gasteiger partial charge in [-0.25, -0.2) is 0 Å². The number of rotatable bonds is 11. The third-order valence-electron chi connectivity index (χ3n) is 13.7. The maximum atomic E-state index is 13.5. The number of carboxylic acid groups (broad SMARTS) is 1. The normalized spacial score (nSPS) is 40.9. The molecule has 1 saturated heterocycles. The summed E-state index contributed by atoms with van der Waals surface area (Å²) in [5.41, 5.74) is -1.78. The number of fused-ring (bicyclic) bond motifs is 5. The second-order valence-corrected chi connectivity index (χ2v) is 16.6. The number of amides is 1. The van der Waals surface area contributed by atoms with E-state index in [9.17, 15) is 52.5 Å². The molecule has 0 aromatic carbocycles. The van der Waals surface area contributed by atoms with Crippen LogP contribution in [-0.2, 0) is 47.7 Å². The number of aliphatic hydroxyl groups is 2. The van der Waals surface area contributed by atoms with Crippen molar-refractivity contribution in [3.05, 3.63) is 0 Å². The highest BCUT2D eigenvalue weighted by molar-refractivity contribution is 5.82. The van der Waals surface area contributed by atoms with Gasteiger partial charge in [-0.3, -0.25) is 24.0 Å². The van der Waals surface area contributed by atoms with Crippen LogP contribution in [0.15, 0.2) is 0 Å². The van der Waals surface area contributed by atoms with Gasteiger partial charge in [0.1, 0.15) is 18.8 Å². The minimum absolute atomic E-state index is 0.0302. The van der Waals surface area contributed by atoms with Crippen LogP contribution in [0.25, 0.3) is 0 Å². The van der Waals surface area contributed by atoms with E-state index in [-0.39, 0.29) is 42.1 Å². The van der Waals surface area contributed by atoms with Gasteiger partial charge in [-0.1, -0.05) is 13.8 Å². The first-order chi connectivity index (χ1) is 25.1. The van der Waals surface area contributed by atoms with Gasteiger partial charge in [0.25, 0.3) is 0 Å². The average molecular weight is 778 g/mol. The fourth-order valence-electron chi connectivity index (χ4n) is 11.3. The zero-order valence-corrected chi connectivity index (χ0v) is 31.4. The van der Waals surface area contributed by atoms with Crippen LogP contribution in [0, 0.1) is 40.4 Å². The Balaban J connectivity index is 1.37. The number of ether oxygens (including phenoxy) is 5. The molecular weight excluding hydrogens is 723 g/mol. The van der Waals surface area contributed by atoms with Crippen LogP contribution in [0.5, 0.6) is 0 Å². The number of hydrogen-bond acceptors (Lipinski definition) is 12. The minimum atomic E-state index is -5.35. The Morgan fingerprint density at radius 2 is 1.56 bits per heavy atom. The Morgan fingerprint density at radius 1 is 0.889 bits per heavy atom. The molecule has 1 aliphatic heterocycles. The lowest BCUT2D eigenvalue weighted by Gasteiger charge is -2.64. The van der Waals surface area contributed by atoms with E-state index in [2.05, 4.69) is 13.8 Å². The number of aliphatic hydroxyl groups excluding tert-OH is 1. The summed E-state index contributed by atoms with van der Waals surface area (Å²) >= 11 is 0. The van der Waals surface area contributed by atoms with Crippen molar-refractivity contribution >= 4 is 29.8 Å². The van der Waals surface area contributed by atoms with E-state index in [1.807, 2.05) is 0 Å². The van der Waals surface area contributed by atoms with Crippen LogP contribution in [0.3, 0.4) is 0 Å². The van der Waals surface area contributed by atoms with Crippen LogP contribution in [0.1, 0.15) is 98.8 Å². The highest BCUT2D eigenvalue weighted by Gasteiger charge is 2.68. The van der Waals surface area contributed by atoms with Crippen molar-refractivity contribution in [2.24, 2.45) is 40.4 Å². The Bertz CT molecular complexity index is 1450. The van der Waals surface area contributed by atoms with Gasteiger partial charge in [0.15, 0.2) is 18.5 Å². The SMILES string of the molecule is CC(=O)OC[C@H]1O[C@H](O[C@H]2CC[C@@]3(C)[C@H](CC[C@@H]4[C@@H]3CC[C@]3(C)[C@@H]([C@H](CO)CC(=O)O)CC[C@]43O)C2)[C@H](OC(C)=O)[C@@H](NC(=O)C(F)(F)F)[C@@H]1OC(C)=O. The number of carbonyl (C=O) groups is 5. The first-order valence-corrected chi connectivity index (χ1v) is 18.9. The van der Waals surface area contributed by atoms with E-state index in [1.54, 1.807) is 5.32 Å². The highest BCUT2D eigenvalue weighted by Crippen LogP contribution is 2.70. The molecule has 0 unspecified atom stereocenters.